The molecule has 0 aliphatic heterocycles. The molecule has 0 spiro atoms. The molecule has 2 heterocycles. The summed E-state index contributed by atoms with van der Waals surface area (Å²) >= 11 is 0. The Kier molecular flexibility index (Phi) is 3.76. The molecule has 2 aromatic heterocycles. The van der Waals surface area contributed by atoms with Crippen LogP contribution in [0.5, 0.6) is 0 Å². The van der Waals surface area contributed by atoms with Crippen LogP contribution in [0.1, 0.15) is 26.0 Å². The molecule has 0 radical (unpaired) electrons. The van der Waals surface area contributed by atoms with Crippen LogP contribution in [0.3, 0.4) is 0 Å². The van der Waals surface area contributed by atoms with Gasteiger partial charge in [0.15, 0.2) is 5.65 Å². The number of nitrogens with zero attached hydrogens (tertiary/aromatic N) is 3. The molecule has 0 aliphatic rings. The SMILES string of the molecule is CCC(C)(CN)C(=O)Nc1cnc2c(c1)c(C)nn2C. The first-order valence-corrected chi connectivity index (χ1v) is 6.72. The van der Waals surface area contributed by atoms with Crippen molar-refractivity contribution < 1.29 is 4.79 Å². The minimum atomic E-state index is -0.557. The molecule has 3 N–H and O–H groups in total. The molecule has 0 saturated carbocycles. The molecule has 2 rings (SSSR count). The van der Waals surface area contributed by atoms with Crippen molar-refractivity contribution in [3.05, 3.63) is 18.0 Å². The molecule has 0 saturated heterocycles. The number of anilines is 1. The van der Waals surface area contributed by atoms with Gasteiger partial charge in [-0.1, -0.05) is 6.92 Å². The van der Waals surface area contributed by atoms with Crippen LogP contribution < -0.4 is 11.1 Å². The van der Waals surface area contributed by atoms with E-state index in [1.807, 2.05) is 33.9 Å². The Labute approximate surface area is 118 Å². The molecular formula is C14H21N5O. The number of hydrogen-bond donors (Lipinski definition) is 2. The standard InChI is InChI=1S/C14H21N5O/c1-5-14(3,8-15)13(20)17-10-6-11-9(2)18-19(4)12(11)16-7-10/h6-7H,5,8,15H2,1-4H3,(H,17,20). The van der Waals surface area contributed by atoms with E-state index in [0.29, 0.717) is 18.7 Å². The molecule has 1 unspecified atom stereocenters. The number of nitrogens with two attached hydrogens (primary N) is 1. The lowest BCUT2D eigenvalue weighted by atomic mass is 9.86. The highest BCUT2D eigenvalue weighted by Crippen LogP contribution is 2.24. The Morgan fingerprint density at radius 2 is 2.25 bits per heavy atom. The summed E-state index contributed by atoms with van der Waals surface area (Å²) < 4.78 is 1.73. The minimum absolute atomic E-state index is 0.0785. The van der Waals surface area contributed by atoms with Gasteiger partial charge in [-0.2, -0.15) is 5.10 Å². The van der Waals surface area contributed by atoms with E-state index in [-0.39, 0.29) is 5.91 Å². The molecule has 2 aromatic rings. The monoisotopic (exact) mass is 275 g/mol. The number of fused-ring (bicyclic) bond motifs is 1. The lowest BCUT2D eigenvalue weighted by molar-refractivity contribution is -0.124. The second-order valence-electron chi connectivity index (χ2n) is 5.38. The van der Waals surface area contributed by atoms with Crippen LogP contribution in [0, 0.1) is 12.3 Å². The van der Waals surface area contributed by atoms with Crippen molar-refractivity contribution in [1.29, 1.82) is 0 Å². The second kappa shape index (κ2) is 5.20. The van der Waals surface area contributed by atoms with Crippen molar-refractivity contribution in [1.82, 2.24) is 14.8 Å². The van der Waals surface area contributed by atoms with Crippen molar-refractivity contribution in [2.45, 2.75) is 27.2 Å². The number of carbonyl (C=O) groups is 1. The third kappa shape index (κ3) is 2.38. The summed E-state index contributed by atoms with van der Waals surface area (Å²) in [5, 5.41) is 8.15. The van der Waals surface area contributed by atoms with E-state index in [1.165, 1.54) is 0 Å². The number of aryl methyl sites for hydroxylation is 2. The van der Waals surface area contributed by atoms with Gasteiger partial charge in [-0.15, -0.1) is 0 Å². The van der Waals surface area contributed by atoms with Gasteiger partial charge in [0.1, 0.15) is 0 Å². The molecule has 1 atom stereocenters. The molecule has 1 amide bonds. The fourth-order valence-electron chi connectivity index (χ4n) is 2.06. The first kappa shape index (κ1) is 14.5. The summed E-state index contributed by atoms with van der Waals surface area (Å²) in [5.74, 6) is -0.0785. The molecule has 0 aromatic carbocycles. The Morgan fingerprint density at radius 1 is 1.55 bits per heavy atom. The molecule has 6 nitrogen and oxygen atoms in total. The fraction of sp³-hybridized carbons (Fsp3) is 0.500. The van der Waals surface area contributed by atoms with Gasteiger partial charge in [-0.05, 0) is 26.3 Å². The minimum Gasteiger partial charge on any atom is -0.329 e. The zero-order valence-electron chi connectivity index (χ0n) is 12.4. The van der Waals surface area contributed by atoms with Gasteiger partial charge in [-0.25, -0.2) is 4.98 Å². The highest BCUT2D eigenvalue weighted by molar-refractivity contribution is 5.96. The van der Waals surface area contributed by atoms with Gasteiger partial charge in [-0.3, -0.25) is 9.48 Å². The van der Waals surface area contributed by atoms with Crippen molar-refractivity contribution in [2.75, 3.05) is 11.9 Å². The molecule has 108 valence electrons. The molecule has 6 heteroatoms. The highest BCUT2D eigenvalue weighted by atomic mass is 16.2. The summed E-state index contributed by atoms with van der Waals surface area (Å²) in [5.41, 5.74) is 7.51. The van der Waals surface area contributed by atoms with E-state index in [4.69, 9.17) is 5.73 Å². The van der Waals surface area contributed by atoms with Crippen molar-refractivity contribution >= 4 is 22.6 Å². The maximum Gasteiger partial charge on any atom is 0.231 e. The first-order valence-electron chi connectivity index (χ1n) is 6.72. The predicted octanol–water partition coefficient (Wildman–Crippen LogP) is 1.59. The first-order chi connectivity index (χ1) is 9.41. The second-order valence-corrected chi connectivity index (χ2v) is 5.38. The van der Waals surface area contributed by atoms with Gasteiger partial charge in [0.2, 0.25) is 5.91 Å². The fourth-order valence-corrected chi connectivity index (χ4v) is 2.06. The van der Waals surface area contributed by atoms with Gasteiger partial charge >= 0.3 is 0 Å². The maximum atomic E-state index is 12.3. The lowest BCUT2D eigenvalue weighted by Crippen LogP contribution is -2.39. The molecule has 0 bridgehead atoms. The summed E-state index contributed by atoms with van der Waals surface area (Å²) in [6.07, 6.45) is 2.34. The highest BCUT2D eigenvalue weighted by Gasteiger charge is 2.29. The van der Waals surface area contributed by atoms with E-state index in [1.54, 1.807) is 10.9 Å². The predicted molar refractivity (Wildman–Crippen MR) is 79.3 cm³/mol. The average Bonchev–Trinajstić information content (AvgIpc) is 2.72. The Balaban J connectivity index is 2.31. The summed E-state index contributed by atoms with van der Waals surface area (Å²) in [7, 11) is 1.85. The molecule has 0 fully saturated rings. The Hall–Kier alpha value is -1.95. The summed E-state index contributed by atoms with van der Waals surface area (Å²) in [6, 6.07) is 1.90. The number of nitrogens with one attached hydrogen (secondary N) is 1. The zero-order valence-corrected chi connectivity index (χ0v) is 12.4. The largest absolute Gasteiger partial charge is 0.329 e. The lowest BCUT2D eigenvalue weighted by Gasteiger charge is -2.24. The van der Waals surface area contributed by atoms with Crippen molar-refractivity contribution in [2.24, 2.45) is 18.2 Å². The average molecular weight is 275 g/mol. The van der Waals surface area contributed by atoms with Crippen LogP contribution in [-0.4, -0.2) is 27.2 Å². The topological polar surface area (TPSA) is 85.8 Å². The molecule has 20 heavy (non-hydrogen) atoms. The number of rotatable bonds is 4. The number of hydrogen-bond acceptors (Lipinski definition) is 4. The Morgan fingerprint density at radius 3 is 2.85 bits per heavy atom. The van der Waals surface area contributed by atoms with E-state index in [2.05, 4.69) is 15.4 Å². The third-order valence-corrected chi connectivity index (χ3v) is 3.90. The zero-order chi connectivity index (χ0) is 14.9. The number of amides is 1. The number of carbonyl (C=O) groups excluding carboxylic acids is 1. The van der Waals surface area contributed by atoms with E-state index >= 15 is 0 Å². The van der Waals surface area contributed by atoms with Crippen LogP contribution >= 0.6 is 0 Å². The van der Waals surface area contributed by atoms with Gasteiger partial charge in [0.25, 0.3) is 0 Å². The van der Waals surface area contributed by atoms with Crippen molar-refractivity contribution in [3.63, 3.8) is 0 Å². The Bertz CT molecular complexity index is 642. The molecular weight excluding hydrogens is 254 g/mol. The van der Waals surface area contributed by atoms with Crippen molar-refractivity contribution in [3.8, 4) is 0 Å². The maximum absolute atomic E-state index is 12.3. The normalized spacial score (nSPS) is 14.2. The van der Waals surface area contributed by atoms with Gasteiger partial charge in [0.05, 0.1) is 23.0 Å². The third-order valence-electron chi connectivity index (χ3n) is 3.90. The van der Waals surface area contributed by atoms with Crippen LogP contribution in [0.2, 0.25) is 0 Å². The number of pyridine rings is 1. The van der Waals surface area contributed by atoms with Crippen LogP contribution in [-0.2, 0) is 11.8 Å². The van der Waals surface area contributed by atoms with E-state index in [0.717, 1.165) is 16.7 Å². The number of aromatic nitrogens is 3. The quantitative estimate of drug-likeness (QED) is 0.887. The summed E-state index contributed by atoms with van der Waals surface area (Å²) in [4.78, 5) is 16.6. The van der Waals surface area contributed by atoms with Crippen LogP contribution in [0.15, 0.2) is 12.3 Å². The van der Waals surface area contributed by atoms with Gasteiger partial charge < -0.3 is 11.1 Å². The van der Waals surface area contributed by atoms with Gasteiger partial charge in [0, 0.05) is 19.0 Å². The smallest absolute Gasteiger partial charge is 0.231 e. The van der Waals surface area contributed by atoms with Crippen LogP contribution in [0.25, 0.3) is 11.0 Å². The summed E-state index contributed by atoms with van der Waals surface area (Å²) in [6.45, 7) is 6.06. The van der Waals surface area contributed by atoms with E-state index in [9.17, 15) is 4.79 Å². The van der Waals surface area contributed by atoms with Crippen LogP contribution in [0.4, 0.5) is 5.69 Å². The molecule has 0 aliphatic carbocycles. The van der Waals surface area contributed by atoms with E-state index < -0.39 is 5.41 Å².